The molecule has 0 saturated carbocycles. The molecule has 4 rings (SSSR count). The molecular weight excluding hydrogens is 371 g/mol. The van der Waals surface area contributed by atoms with Crippen molar-refractivity contribution in [3.63, 3.8) is 0 Å². The molecule has 0 amide bonds. The highest BCUT2D eigenvalue weighted by Gasteiger charge is 2.17. The van der Waals surface area contributed by atoms with Gasteiger partial charge in [-0.05, 0) is 42.5 Å². The maximum Gasteiger partial charge on any atom is 0.166 e. The van der Waals surface area contributed by atoms with Crippen LogP contribution >= 0.6 is 0 Å². The van der Waals surface area contributed by atoms with E-state index < -0.39 is 0 Å². The Morgan fingerprint density at radius 3 is 2.59 bits per heavy atom. The first kappa shape index (κ1) is 18.1. The molecule has 8 heteroatoms. The van der Waals surface area contributed by atoms with E-state index in [0.29, 0.717) is 34.1 Å². The Morgan fingerprint density at radius 2 is 1.86 bits per heavy atom. The van der Waals surface area contributed by atoms with Gasteiger partial charge in [0.1, 0.15) is 23.4 Å². The van der Waals surface area contributed by atoms with Crippen LogP contribution in [0.25, 0.3) is 33.9 Å². The molecule has 4 aromatic rings. The second-order valence-corrected chi connectivity index (χ2v) is 6.17. The largest absolute Gasteiger partial charge is 0.493 e. The van der Waals surface area contributed by atoms with Crippen LogP contribution in [0.15, 0.2) is 54.9 Å². The number of rotatable bonds is 4. The lowest BCUT2D eigenvalue weighted by molar-refractivity contribution is 0.415. The number of nitrogens with one attached hydrogen (secondary N) is 1. The van der Waals surface area contributed by atoms with Crippen LogP contribution < -0.4 is 10.5 Å². The fourth-order valence-corrected chi connectivity index (χ4v) is 2.93. The Bertz CT molecular complexity index is 1230. The summed E-state index contributed by atoms with van der Waals surface area (Å²) in [6.07, 6.45) is 3.15. The van der Waals surface area contributed by atoms with Crippen LogP contribution in [0, 0.1) is 17.1 Å². The summed E-state index contributed by atoms with van der Waals surface area (Å²) in [4.78, 5) is 16.2. The maximum atomic E-state index is 13.3. The van der Waals surface area contributed by atoms with Crippen LogP contribution in [0.5, 0.6) is 5.75 Å². The molecule has 7 nitrogen and oxygen atoms in total. The molecule has 0 aliphatic heterocycles. The van der Waals surface area contributed by atoms with Crippen molar-refractivity contribution in [2.75, 3.05) is 12.8 Å². The van der Waals surface area contributed by atoms with Crippen LogP contribution in [-0.4, -0.2) is 27.0 Å². The summed E-state index contributed by atoms with van der Waals surface area (Å²) in [5.74, 6) is 0.900. The Morgan fingerprint density at radius 1 is 1.07 bits per heavy atom. The zero-order valence-electron chi connectivity index (χ0n) is 15.3. The average molecular weight is 386 g/mol. The summed E-state index contributed by atoms with van der Waals surface area (Å²) in [5.41, 5.74) is 9.47. The predicted octanol–water partition coefficient (Wildman–Crippen LogP) is 3.80. The number of nitrogens with zero attached hydrogens (tertiary/aromatic N) is 4. The number of benzene rings is 1. The van der Waals surface area contributed by atoms with Gasteiger partial charge in [-0.15, -0.1) is 0 Å². The Balaban J connectivity index is 1.92. The maximum absolute atomic E-state index is 13.3. The fraction of sp³-hybridized carbons (Fsp3) is 0.0476. The van der Waals surface area contributed by atoms with Crippen LogP contribution in [0.3, 0.4) is 0 Å². The number of anilines is 1. The highest BCUT2D eigenvalue weighted by molar-refractivity contribution is 5.82. The highest BCUT2D eigenvalue weighted by atomic mass is 19.1. The van der Waals surface area contributed by atoms with Crippen molar-refractivity contribution in [1.29, 1.82) is 5.26 Å². The number of hydrogen-bond acceptors (Lipinski definition) is 6. The molecule has 3 heterocycles. The lowest BCUT2D eigenvalue weighted by Crippen LogP contribution is -1.96. The second-order valence-electron chi connectivity index (χ2n) is 6.17. The van der Waals surface area contributed by atoms with Gasteiger partial charge in [-0.25, -0.2) is 19.3 Å². The summed E-state index contributed by atoms with van der Waals surface area (Å²) in [5, 5.41) is 9.19. The Kier molecular flexibility index (Phi) is 4.63. The molecular formula is C21H15FN6O. The van der Waals surface area contributed by atoms with Crippen LogP contribution in [-0.2, 0) is 0 Å². The number of hydrogen-bond donors (Lipinski definition) is 2. The SMILES string of the molecule is COc1cc(-c2nc(-c3ccc(F)cc3)[nH]c2-c2ccnc(C#N)c2)cnc1N. The summed E-state index contributed by atoms with van der Waals surface area (Å²) in [6.45, 7) is 0. The third-order valence-corrected chi connectivity index (χ3v) is 4.36. The molecule has 1 aromatic carbocycles. The number of H-pyrrole nitrogens is 1. The smallest absolute Gasteiger partial charge is 0.166 e. The van der Waals surface area contributed by atoms with Crippen molar-refractivity contribution in [2.24, 2.45) is 0 Å². The van der Waals surface area contributed by atoms with Crippen LogP contribution in [0.1, 0.15) is 5.69 Å². The average Bonchev–Trinajstić information content (AvgIpc) is 3.20. The van der Waals surface area contributed by atoms with Gasteiger partial charge < -0.3 is 15.5 Å². The van der Waals surface area contributed by atoms with E-state index in [-0.39, 0.29) is 17.3 Å². The predicted molar refractivity (Wildman–Crippen MR) is 106 cm³/mol. The van der Waals surface area contributed by atoms with E-state index in [1.165, 1.54) is 19.2 Å². The van der Waals surface area contributed by atoms with E-state index in [1.54, 1.807) is 42.7 Å². The number of methoxy groups -OCH3 is 1. The van der Waals surface area contributed by atoms with Crippen molar-refractivity contribution < 1.29 is 9.13 Å². The first-order chi connectivity index (χ1) is 14.1. The third-order valence-electron chi connectivity index (χ3n) is 4.36. The van der Waals surface area contributed by atoms with Crippen molar-refractivity contribution >= 4 is 5.82 Å². The molecule has 0 radical (unpaired) electrons. The summed E-state index contributed by atoms with van der Waals surface area (Å²) in [6, 6.07) is 13.2. The fourth-order valence-electron chi connectivity index (χ4n) is 2.93. The molecule has 0 bridgehead atoms. The monoisotopic (exact) mass is 386 g/mol. The van der Waals surface area contributed by atoms with E-state index in [9.17, 15) is 9.65 Å². The van der Waals surface area contributed by atoms with Crippen molar-refractivity contribution in [3.8, 4) is 45.7 Å². The standard InChI is InChI=1S/C21H15FN6O/c1-29-17-9-14(11-26-20(17)24)19-18(13-6-7-25-16(8-13)10-23)27-21(28-19)12-2-4-15(22)5-3-12/h2-9,11H,1H3,(H2,24,26)(H,27,28). The van der Waals surface area contributed by atoms with Gasteiger partial charge in [0.2, 0.25) is 0 Å². The van der Waals surface area contributed by atoms with Gasteiger partial charge >= 0.3 is 0 Å². The third kappa shape index (κ3) is 3.49. The minimum absolute atomic E-state index is 0.266. The molecule has 0 atom stereocenters. The molecule has 0 fully saturated rings. The number of aromatic nitrogens is 4. The van der Waals surface area contributed by atoms with Crippen molar-refractivity contribution in [3.05, 3.63) is 66.4 Å². The minimum atomic E-state index is -0.332. The van der Waals surface area contributed by atoms with E-state index >= 15 is 0 Å². The van der Waals surface area contributed by atoms with Crippen molar-refractivity contribution in [1.82, 2.24) is 19.9 Å². The number of pyridine rings is 2. The molecule has 3 aromatic heterocycles. The molecule has 0 aliphatic carbocycles. The second kappa shape index (κ2) is 7.40. The first-order valence-corrected chi connectivity index (χ1v) is 8.61. The zero-order chi connectivity index (χ0) is 20.4. The first-order valence-electron chi connectivity index (χ1n) is 8.61. The number of imidazole rings is 1. The van der Waals surface area contributed by atoms with E-state index in [2.05, 4.69) is 15.0 Å². The summed E-state index contributed by atoms with van der Waals surface area (Å²) < 4.78 is 18.6. The summed E-state index contributed by atoms with van der Waals surface area (Å²) >= 11 is 0. The van der Waals surface area contributed by atoms with Gasteiger partial charge in [0.05, 0.1) is 18.5 Å². The minimum Gasteiger partial charge on any atom is -0.493 e. The normalized spacial score (nSPS) is 10.5. The Hall–Kier alpha value is -4.25. The topological polar surface area (TPSA) is 114 Å². The number of halogens is 1. The van der Waals surface area contributed by atoms with Gasteiger partial charge in [0.15, 0.2) is 11.6 Å². The Labute approximate surface area is 165 Å². The molecule has 3 N–H and O–H groups in total. The lowest BCUT2D eigenvalue weighted by Gasteiger charge is -2.07. The molecule has 29 heavy (non-hydrogen) atoms. The van der Waals surface area contributed by atoms with Gasteiger partial charge in [-0.3, -0.25) is 0 Å². The quantitative estimate of drug-likeness (QED) is 0.551. The zero-order valence-corrected chi connectivity index (χ0v) is 15.3. The highest BCUT2D eigenvalue weighted by Crippen LogP contribution is 2.35. The van der Waals surface area contributed by atoms with Crippen LogP contribution in [0.2, 0.25) is 0 Å². The van der Waals surface area contributed by atoms with Gasteiger partial charge in [0.25, 0.3) is 0 Å². The van der Waals surface area contributed by atoms with Gasteiger partial charge in [-0.1, -0.05) is 0 Å². The van der Waals surface area contributed by atoms with E-state index in [0.717, 1.165) is 5.56 Å². The van der Waals surface area contributed by atoms with Crippen molar-refractivity contribution in [2.45, 2.75) is 0 Å². The van der Waals surface area contributed by atoms with Gasteiger partial charge in [0, 0.05) is 29.1 Å². The molecule has 0 saturated heterocycles. The summed E-state index contributed by atoms with van der Waals surface area (Å²) in [7, 11) is 1.51. The number of ether oxygens (including phenoxy) is 1. The van der Waals surface area contributed by atoms with Gasteiger partial charge in [-0.2, -0.15) is 5.26 Å². The van der Waals surface area contributed by atoms with E-state index in [1.807, 2.05) is 6.07 Å². The number of nitrogens with two attached hydrogens (primary N) is 1. The van der Waals surface area contributed by atoms with Crippen LogP contribution in [0.4, 0.5) is 10.2 Å². The molecule has 0 spiro atoms. The molecule has 142 valence electrons. The molecule has 0 unspecified atom stereocenters. The molecule has 0 aliphatic rings. The number of aromatic amines is 1. The van der Waals surface area contributed by atoms with E-state index in [4.69, 9.17) is 15.5 Å². The number of nitrogen functional groups attached to an aromatic ring is 1. The lowest BCUT2D eigenvalue weighted by atomic mass is 10.1. The number of nitriles is 1.